The van der Waals surface area contributed by atoms with Crippen LogP contribution in [0.1, 0.15) is 84.8 Å². The molecule has 0 heterocycles. The van der Waals surface area contributed by atoms with Crippen molar-refractivity contribution >= 4 is 11.8 Å². The van der Waals surface area contributed by atoms with Crippen LogP contribution < -0.4 is 0 Å². The second kappa shape index (κ2) is 10.9. The van der Waals surface area contributed by atoms with Gasteiger partial charge in [0.15, 0.2) is 5.78 Å². The Kier molecular flexibility index (Phi) is 7.59. The Bertz CT molecular complexity index is 1660. The zero-order valence-electron chi connectivity index (χ0n) is 24.9. The van der Waals surface area contributed by atoms with Crippen molar-refractivity contribution in [3.8, 4) is 11.8 Å². The quantitative estimate of drug-likeness (QED) is 0.216. The molecule has 2 fully saturated rings. The van der Waals surface area contributed by atoms with E-state index in [0.717, 1.165) is 22.3 Å². The molecule has 45 heavy (non-hydrogen) atoms. The molecule has 2 saturated carbocycles. The first-order valence-corrected chi connectivity index (χ1v) is 15.1. The molecule has 2 aromatic rings. The van der Waals surface area contributed by atoms with Crippen molar-refractivity contribution in [2.45, 2.75) is 75.5 Å². The number of allylic oxidation sites excluding steroid dienone is 4. The monoisotopic (exact) mass is 624 g/mol. The maximum absolute atomic E-state index is 15.2. The third kappa shape index (κ3) is 4.93. The Labute approximate surface area is 258 Å². The topological polar surface area (TPSA) is 63.6 Å². The lowest BCUT2D eigenvalue weighted by Crippen LogP contribution is -2.65. The normalized spacial score (nSPS) is 29.6. The first-order chi connectivity index (χ1) is 21.2. The summed E-state index contributed by atoms with van der Waals surface area (Å²) in [4.78, 5) is 23.9. The molecule has 236 valence electrons. The molecule has 1 N–H and O–H groups in total. The third-order valence-corrected chi connectivity index (χ3v) is 10.7. The number of halogens is 5. The summed E-state index contributed by atoms with van der Waals surface area (Å²) in [5.74, 6) is -0.932. The number of ketones is 1. The van der Waals surface area contributed by atoms with Gasteiger partial charge in [-0.15, -0.1) is 0 Å². The summed E-state index contributed by atoms with van der Waals surface area (Å²) in [6.07, 6.45) is -2.95. The van der Waals surface area contributed by atoms with Gasteiger partial charge in [-0.3, -0.25) is 4.79 Å². The van der Waals surface area contributed by atoms with Gasteiger partial charge in [0.2, 0.25) is 0 Å². The van der Waals surface area contributed by atoms with Crippen molar-refractivity contribution in [3.63, 3.8) is 0 Å². The van der Waals surface area contributed by atoms with Crippen molar-refractivity contribution in [2.24, 2.45) is 17.3 Å². The van der Waals surface area contributed by atoms with Crippen LogP contribution in [-0.4, -0.2) is 41.7 Å². The van der Waals surface area contributed by atoms with Crippen LogP contribution in [0.5, 0.6) is 0 Å². The molecule has 2 aromatic carbocycles. The van der Waals surface area contributed by atoms with E-state index < -0.39 is 47.3 Å². The second-order valence-electron chi connectivity index (χ2n) is 12.9. The molecule has 0 radical (unpaired) electrons. The smallest absolute Gasteiger partial charge is 0.456 e. The van der Waals surface area contributed by atoms with Crippen molar-refractivity contribution < 1.29 is 41.4 Å². The number of fused-ring (bicyclic) bond motifs is 4. The van der Waals surface area contributed by atoms with E-state index in [1.807, 2.05) is 12.1 Å². The Hall–Kier alpha value is -3.77. The molecule has 0 aromatic heterocycles. The number of carbonyl (C=O) groups excluding carboxylic acids is 2. The maximum Gasteiger partial charge on any atom is 0.456 e. The number of ether oxygens (including phenoxy) is 1. The largest absolute Gasteiger partial charge is 0.465 e. The number of rotatable bonds is 3. The fourth-order valence-corrected chi connectivity index (χ4v) is 8.46. The van der Waals surface area contributed by atoms with E-state index in [0.29, 0.717) is 42.4 Å². The summed E-state index contributed by atoms with van der Waals surface area (Å²) in [5, 5.41) is 11.4. The maximum atomic E-state index is 15.2. The first-order valence-electron chi connectivity index (χ1n) is 15.1. The van der Waals surface area contributed by atoms with E-state index in [9.17, 15) is 27.9 Å². The summed E-state index contributed by atoms with van der Waals surface area (Å²) in [5.41, 5.74) is 0.511. The number of aliphatic hydroxyl groups is 1. The lowest BCUT2D eigenvalue weighted by atomic mass is 9.50. The average Bonchev–Trinajstić information content (AvgIpc) is 3.30. The van der Waals surface area contributed by atoms with Crippen LogP contribution in [0.25, 0.3) is 0 Å². The molecule has 0 aliphatic heterocycles. The number of methoxy groups -OCH3 is 1. The summed E-state index contributed by atoms with van der Waals surface area (Å²) < 4.78 is 76.5. The SMILES string of the molecule is COC(=O)c1ccc(C#Cc2ccc([C@H]3C[C@@]4(C)[C@@H](CC[C@@]4(O)C(F)(F)C(F)(F)F)[C@@H]4CCC5=CC(=O)CCC5=C43)cc2)cc1. The molecular weight excluding hydrogens is 591 g/mol. The fourth-order valence-electron chi connectivity index (χ4n) is 8.46. The summed E-state index contributed by atoms with van der Waals surface area (Å²) in [6.45, 7) is 1.42. The number of hydrogen-bond acceptors (Lipinski definition) is 4. The van der Waals surface area contributed by atoms with Crippen molar-refractivity contribution in [2.75, 3.05) is 7.11 Å². The highest BCUT2D eigenvalue weighted by Crippen LogP contribution is 2.70. The van der Waals surface area contributed by atoms with Crippen LogP contribution in [0.4, 0.5) is 22.0 Å². The number of esters is 1. The molecule has 0 bridgehead atoms. The number of hydrogen-bond donors (Lipinski definition) is 1. The number of benzene rings is 2. The van der Waals surface area contributed by atoms with Crippen LogP contribution >= 0.6 is 0 Å². The number of carbonyl (C=O) groups is 2. The van der Waals surface area contributed by atoms with Crippen LogP contribution in [-0.2, 0) is 9.53 Å². The van der Waals surface area contributed by atoms with Crippen LogP contribution in [0.2, 0.25) is 0 Å². The Morgan fingerprint density at radius 2 is 1.56 bits per heavy atom. The molecule has 4 aliphatic carbocycles. The lowest BCUT2D eigenvalue weighted by molar-refractivity contribution is -0.362. The van der Waals surface area contributed by atoms with Crippen molar-refractivity contribution in [1.29, 1.82) is 0 Å². The molecule has 0 saturated heterocycles. The molecule has 0 amide bonds. The lowest BCUT2D eigenvalue weighted by Gasteiger charge is -2.56. The van der Waals surface area contributed by atoms with E-state index in [2.05, 4.69) is 11.8 Å². The van der Waals surface area contributed by atoms with Gasteiger partial charge in [0.25, 0.3) is 0 Å². The van der Waals surface area contributed by atoms with Gasteiger partial charge in [-0.1, -0.05) is 36.5 Å². The highest BCUT2D eigenvalue weighted by Gasteiger charge is 2.79. The minimum absolute atomic E-state index is 0.0351. The molecule has 0 unspecified atom stereocenters. The Morgan fingerprint density at radius 1 is 0.933 bits per heavy atom. The fraction of sp³-hybridized carbons (Fsp3) is 0.444. The zero-order valence-corrected chi connectivity index (χ0v) is 24.9. The minimum atomic E-state index is -5.89. The van der Waals surface area contributed by atoms with Crippen LogP contribution in [0.15, 0.2) is 71.3 Å². The summed E-state index contributed by atoms with van der Waals surface area (Å²) >= 11 is 0. The number of alkyl halides is 5. The van der Waals surface area contributed by atoms with E-state index >= 15 is 8.78 Å². The predicted octanol–water partition coefficient (Wildman–Crippen LogP) is 7.70. The highest BCUT2D eigenvalue weighted by molar-refractivity contribution is 5.93. The molecule has 9 heteroatoms. The standard InChI is InChI=1S/C36H33F5O4/c1-33-20-29(23-9-5-21(6-10-23)3-4-22-7-11-24(12-8-22)32(43)45-2)31-27-16-14-26(42)19-25(27)13-15-28(31)30(33)17-18-34(33,44)35(37,38)36(39,40)41/h5-12,19,28-30,44H,13-18,20H2,1-2H3/t28-,29+,30-,33-,34-/m0/s1. The van der Waals surface area contributed by atoms with Gasteiger partial charge >= 0.3 is 18.1 Å². The average molecular weight is 625 g/mol. The Balaban J connectivity index is 1.39. The zero-order chi connectivity index (χ0) is 32.4. The van der Waals surface area contributed by atoms with Crippen LogP contribution in [0, 0.1) is 29.1 Å². The van der Waals surface area contributed by atoms with Gasteiger partial charge in [0.1, 0.15) is 5.60 Å². The molecule has 4 aliphatic rings. The third-order valence-electron chi connectivity index (χ3n) is 10.7. The van der Waals surface area contributed by atoms with Gasteiger partial charge in [0, 0.05) is 28.9 Å². The van der Waals surface area contributed by atoms with Crippen LogP contribution in [0.3, 0.4) is 0 Å². The van der Waals surface area contributed by atoms with Gasteiger partial charge in [0.05, 0.1) is 12.7 Å². The predicted molar refractivity (Wildman–Crippen MR) is 156 cm³/mol. The Morgan fingerprint density at radius 3 is 2.16 bits per heavy atom. The highest BCUT2D eigenvalue weighted by atomic mass is 19.4. The van der Waals surface area contributed by atoms with Gasteiger partial charge < -0.3 is 9.84 Å². The van der Waals surface area contributed by atoms with E-state index in [1.165, 1.54) is 14.0 Å². The minimum Gasteiger partial charge on any atom is -0.465 e. The summed E-state index contributed by atoms with van der Waals surface area (Å²) in [6, 6.07) is 13.8. The first kappa shape index (κ1) is 31.2. The molecular formula is C36H33F5O4. The molecule has 5 atom stereocenters. The van der Waals surface area contributed by atoms with Gasteiger partial charge in [-0.25, -0.2) is 4.79 Å². The molecule has 4 nitrogen and oxygen atoms in total. The summed E-state index contributed by atoms with van der Waals surface area (Å²) in [7, 11) is 1.30. The second-order valence-corrected chi connectivity index (χ2v) is 12.9. The molecule has 0 spiro atoms. The molecule has 6 rings (SSSR count). The van der Waals surface area contributed by atoms with Gasteiger partial charge in [-0.2, -0.15) is 22.0 Å². The van der Waals surface area contributed by atoms with E-state index in [4.69, 9.17) is 4.74 Å². The van der Waals surface area contributed by atoms with Crippen molar-refractivity contribution in [3.05, 3.63) is 93.6 Å². The van der Waals surface area contributed by atoms with E-state index in [-0.39, 0.29) is 24.5 Å². The van der Waals surface area contributed by atoms with Crippen molar-refractivity contribution in [1.82, 2.24) is 0 Å². The van der Waals surface area contributed by atoms with Gasteiger partial charge in [-0.05, 0) is 110 Å². The van der Waals surface area contributed by atoms with E-state index in [1.54, 1.807) is 42.5 Å².